The van der Waals surface area contributed by atoms with E-state index in [0.29, 0.717) is 22.1 Å². The highest BCUT2D eigenvalue weighted by molar-refractivity contribution is 6.35. The van der Waals surface area contributed by atoms with Gasteiger partial charge >= 0.3 is 0 Å². The number of halogens is 2. The first-order valence-electron chi connectivity index (χ1n) is 8.18. The van der Waals surface area contributed by atoms with E-state index in [9.17, 15) is 0 Å². The third-order valence-electron chi connectivity index (χ3n) is 5.02. The number of hydrogen-bond acceptors (Lipinski definition) is 4. The number of morpholine rings is 1. The Bertz CT molecular complexity index is 550. The van der Waals surface area contributed by atoms with Crippen molar-refractivity contribution in [3.63, 3.8) is 0 Å². The van der Waals surface area contributed by atoms with Crippen molar-refractivity contribution < 1.29 is 9.47 Å². The van der Waals surface area contributed by atoms with Crippen molar-refractivity contribution in [3.8, 4) is 5.75 Å². The van der Waals surface area contributed by atoms with E-state index in [1.54, 1.807) is 13.2 Å². The van der Waals surface area contributed by atoms with Gasteiger partial charge in [0, 0.05) is 48.8 Å². The van der Waals surface area contributed by atoms with E-state index in [2.05, 4.69) is 16.7 Å². The fourth-order valence-corrected chi connectivity index (χ4v) is 4.40. The molecular weight excluding hydrogens is 335 g/mol. The second-order valence-electron chi connectivity index (χ2n) is 6.30. The molecule has 2 heterocycles. The molecule has 0 saturated carbocycles. The van der Waals surface area contributed by atoms with Gasteiger partial charge in [-0.2, -0.15) is 0 Å². The number of methoxy groups -OCH3 is 1. The Kier molecular flexibility index (Phi) is 5.70. The minimum absolute atomic E-state index is 0.496. The largest absolute Gasteiger partial charge is 0.495 e. The molecule has 2 aliphatic rings. The Balaban J connectivity index is 1.71. The molecule has 0 bridgehead atoms. The maximum absolute atomic E-state index is 6.26. The molecule has 4 nitrogen and oxygen atoms in total. The van der Waals surface area contributed by atoms with Crippen LogP contribution in [-0.4, -0.2) is 61.8 Å². The van der Waals surface area contributed by atoms with Gasteiger partial charge in [0.15, 0.2) is 0 Å². The summed E-state index contributed by atoms with van der Waals surface area (Å²) >= 11 is 12.4. The Morgan fingerprint density at radius 3 is 2.65 bits per heavy atom. The van der Waals surface area contributed by atoms with Crippen LogP contribution in [0.5, 0.6) is 5.75 Å². The van der Waals surface area contributed by atoms with Crippen LogP contribution in [0.15, 0.2) is 12.1 Å². The van der Waals surface area contributed by atoms with Crippen LogP contribution >= 0.6 is 23.2 Å². The molecule has 1 aromatic rings. The van der Waals surface area contributed by atoms with E-state index in [0.717, 1.165) is 50.7 Å². The van der Waals surface area contributed by atoms with Gasteiger partial charge in [-0.15, -0.1) is 0 Å². The molecule has 0 unspecified atom stereocenters. The molecule has 2 saturated heterocycles. The summed E-state index contributed by atoms with van der Waals surface area (Å²) in [4.78, 5) is 5.06. The van der Waals surface area contributed by atoms with Crippen LogP contribution in [0.4, 0.5) is 0 Å². The highest BCUT2D eigenvalue weighted by Gasteiger charge is 2.35. The van der Waals surface area contributed by atoms with Gasteiger partial charge in [-0.05, 0) is 25.5 Å². The summed E-state index contributed by atoms with van der Waals surface area (Å²) in [7, 11) is 1.66. The second kappa shape index (κ2) is 7.58. The predicted octanol–water partition coefficient (Wildman–Crippen LogP) is 3.30. The normalized spacial score (nSPS) is 26.6. The maximum atomic E-state index is 6.26. The van der Waals surface area contributed by atoms with Gasteiger partial charge in [0.05, 0.1) is 25.3 Å². The van der Waals surface area contributed by atoms with E-state index in [1.165, 1.54) is 6.42 Å². The summed E-state index contributed by atoms with van der Waals surface area (Å²) in [5.74, 6) is 0.734. The molecule has 0 radical (unpaired) electrons. The van der Waals surface area contributed by atoms with Gasteiger partial charge in [0.1, 0.15) is 5.75 Å². The molecule has 0 aliphatic carbocycles. The lowest BCUT2D eigenvalue weighted by molar-refractivity contribution is 0.00981. The van der Waals surface area contributed by atoms with Crippen LogP contribution < -0.4 is 4.74 Å². The smallest absolute Gasteiger partial charge is 0.142 e. The zero-order chi connectivity index (χ0) is 16.4. The van der Waals surface area contributed by atoms with Crippen molar-refractivity contribution in [1.29, 1.82) is 0 Å². The lowest BCUT2D eigenvalue weighted by Crippen LogP contribution is -2.48. The lowest BCUT2D eigenvalue weighted by atomic mass is 10.1. The first kappa shape index (κ1) is 17.3. The maximum Gasteiger partial charge on any atom is 0.142 e. The second-order valence-corrected chi connectivity index (χ2v) is 7.14. The molecule has 2 aliphatic heterocycles. The number of hydrogen-bond donors (Lipinski definition) is 0. The van der Waals surface area contributed by atoms with Crippen molar-refractivity contribution in [2.45, 2.75) is 32.0 Å². The highest BCUT2D eigenvalue weighted by atomic mass is 35.5. The van der Waals surface area contributed by atoms with Gasteiger partial charge in [-0.1, -0.05) is 23.2 Å². The van der Waals surface area contributed by atoms with Crippen LogP contribution in [0.3, 0.4) is 0 Å². The van der Waals surface area contributed by atoms with Gasteiger partial charge in [0.2, 0.25) is 0 Å². The summed E-state index contributed by atoms with van der Waals surface area (Å²) in [6, 6.07) is 4.78. The number of likely N-dealkylation sites (tertiary alicyclic amines) is 1. The average Bonchev–Trinajstić information content (AvgIpc) is 2.89. The fourth-order valence-electron chi connectivity index (χ4n) is 3.78. The molecular formula is C17H24Cl2N2O2. The third-order valence-corrected chi connectivity index (χ3v) is 5.52. The Labute approximate surface area is 148 Å². The van der Waals surface area contributed by atoms with E-state index in [1.807, 2.05) is 6.07 Å². The van der Waals surface area contributed by atoms with E-state index >= 15 is 0 Å². The summed E-state index contributed by atoms with van der Waals surface area (Å²) in [6.45, 7) is 7.97. The molecule has 0 aromatic heterocycles. The summed E-state index contributed by atoms with van der Waals surface area (Å²) in [5, 5.41) is 1.23. The number of ether oxygens (including phenoxy) is 2. The minimum Gasteiger partial charge on any atom is -0.495 e. The van der Waals surface area contributed by atoms with Crippen molar-refractivity contribution >= 4 is 23.2 Å². The van der Waals surface area contributed by atoms with Crippen molar-refractivity contribution in [2.24, 2.45) is 0 Å². The first-order valence-corrected chi connectivity index (χ1v) is 8.93. The van der Waals surface area contributed by atoms with Crippen LogP contribution in [0.1, 0.15) is 18.9 Å². The van der Waals surface area contributed by atoms with Gasteiger partial charge in [0.25, 0.3) is 0 Å². The van der Waals surface area contributed by atoms with Gasteiger partial charge < -0.3 is 9.47 Å². The molecule has 1 aromatic carbocycles. The van der Waals surface area contributed by atoms with Crippen LogP contribution in [0, 0.1) is 0 Å². The molecule has 23 heavy (non-hydrogen) atoms. The number of rotatable bonds is 4. The molecule has 3 rings (SSSR count). The third kappa shape index (κ3) is 3.77. The number of benzene rings is 1. The first-order chi connectivity index (χ1) is 11.1. The van der Waals surface area contributed by atoms with Crippen LogP contribution in [0.2, 0.25) is 10.0 Å². The fraction of sp³-hybridized carbons (Fsp3) is 0.647. The van der Waals surface area contributed by atoms with Crippen molar-refractivity contribution in [1.82, 2.24) is 9.80 Å². The van der Waals surface area contributed by atoms with E-state index in [4.69, 9.17) is 32.7 Å². The topological polar surface area (TPSA) is 24.9 Å². The van der Waals surface area contributed by atoms with Crippen molar-refractivity contribution in [3.05, 3.63) is 27.7 Å². The van der Waals surface area contributed by atoms with Crippen molar-refractivity contribution in [2.75, 3.05) is 40.0 Å². The summed E-state index contributed by atoms with van der Waals surface area (Å²) < 4.78 is 10.9. The molecule has 128 valence electrons. The summed E-state index contributed by atoms with van der Waals surface area (Å²) in [5.41, 5.74) is 1.06. The Morgan fingerprint density at radius 1 is 1.22 bits per heavy atom. The molecule has 2 fully saturated rings. The van der Waals surface area contributed by atoms with Gasteiger partial charge in [-0.25, -0.2) is 0 Å². The zero-order valence-electron chi connectivity index (χ0n) is 13.7. The SMILES string of the molecule is COc1c(Cl)cc(Cl)cc1CN1CC[C@@H](N2CCOCC2)[C@H]1C. The molecule has 0 N–H and O–H groups in total. The minimum atomic E-state index is 0.496. The zero-order valence-corrected chi connectivity index (χ0v) is 15.2. The molecule has 0 spiro atoms. The standard InChI is InChI=1S/C17H24Cl2N2O2/c1-12-16(20-5-7-23-8-6-20)3-4-21(12)11-13-9-14(18)10-15(19)17(13)22-2/h9-10,12,16H,3-8,11H2,1-2H3/t12-,16-/m1/s1. The average molecular weight is 359 g/mol. The van der Waals surface area contributed by atoms with Crippen LogP contribution in [-0.2, 0) is 11.3 Å². The highest BCUT2D eigenvalue weighted by Crippen LogP contribution is 2.34. The van der Waals surface area contributed by atoms with Crippen LogP contribution in [0.25, 0.3) is 0 Å². The lowest BCUT2D eigenvalue weighted by Gasteiger charge is -2.36. The van der Waals surface area contributed by atoms with E-state index in [-0.39, 0.29) is 0 Å². The summed E-state index contributed by atoms with van der Waals surface area (Å²) in [6.07, 6.45) is 1.19. The quantitative estimate of drug-likeness (QED) is 0.824. The monoisotopic (exact) mass is 358 g/mol. The van der Waals surface area contributed by atoms with E-state index < -0.39 is 0 Å². The number of nitrogens with zero attached hydrogens (tertiary/aromatic N) is 2. The predicted molar refractivity (Wildman–Crippen MR) is 93.7 cm³/mol. The Hall–Kier alpha value is -0.520. The van der Waals surface area contributed by atoms with Gasteiger partial charge in [-0.3, -0.25) is 9.80 Å². The Morgan fingerprint density at radius 2 is 1.96 bits per heavy atom. The molecule has 6 heteroatoms. The molecule has 0 amide bonds. The molecule has 2 atom stereocenters.